The molecule has 0 aliphatic rings. The summed E-state index contributed by atoms with van der Waals surface area (Å²) in [5, 5.41) is 22.6. The molecule has 0 unspecified atom stereocenters. The molecule has 18 aromatic rings. The van der Waals surface area contributed by atoms with Crippen LogP contribution in [0.5, 0.6) is 0 Å². The quantitative estimate of drug-likeness (QED) is 0.147. The van der Waals surface area contributed by atoms with Crippen LogP contribution in [0, 0.1) is 0 Å². The molecule has 0 aliphatic heterocycles. The van der Waals surface area contributed by atoms with E-state index in [1.165, 1.54) is 186 Å². The third-order valence-corrected chi connectivity index (χ3v) is 19.1. The molecule has 2 nitrogen and oxygen atoms in total. The van der Waals surface area contributed by atoms with Crippen molar-refractivity contribution in [1.82, 2.24) is 9.13 Å². The summed E-state index contributed by atoms with van der Waals surface area (Å²) in [6, 6.07) is 109. The van der Waals surface area contributed by atoms with Crippen LogP contribution in [0.4, 0.5) is 0 Å². The molecule has 2 heterocycles. The van der Waals surface area contributed by atoms with E-state index in [1.807, 2.05) is 0 Å². The zero-order valence-corrected chi connectivity index (χ0v) is 47.6. The molecule has 0 spiro atoms. The van der Waals surface area contributed by atoms with Crippen LogP contribution < -0.4 is 0 Å². The normalized spacial score (nSPS) is 12.1. The molecule has 2 aromatic heterocycles. The minimum atomic E-state index is 1.21. The first-order chi connectivity index (χ1) is 42.6. The van der Waals surface area contributed by atoms with Crippen molar-refractivity contribution in [3.8, 4) is 66.8 Å². The Morgan fingerprint density at radius 3 is 0.837 bits per heavy atom. The van der Waals surface area contributed by atoms with E-state index < -0.39 is 0 Å². The molecular weight excluding hydrogens is 1040 g/mol. The van der Waals surface area contributed by atoms with Gasteiger partial charge in [-0.1, -0.05) is 267 Å². The molecule has 0 amide bonds. The van der Waals surface area contributed by atoms with Crippen molar-refractivity contribution >= 4 is 119 Å². The summed E-state index contributed by atoms with van der Waals surface area (Å²) in [5.41, 5.74) is 19.8. The summed E-state index contributed by atoms with van der Waals surface area (Å²) in [4.78, 5) is 0. The largest absolute Gasteiger partial charge is 0.344 e. The highest BCUT2D eigenvalue weighted by Crippen LogP contribution is 2.51. The minimum Gasteiger partial charge on any atom is -0.344 e. The summed E-state index contributed by atoms with van der Waals surface area (Å²) in [7, 11) is 4.48. The van der Waals surface area contributed by atoms with Crippen LogP contribution in [0.1, 0.15) is 0 Å². The van der Waals surface area contributed by atoms with Gasteiger partial charge in [0.1, 0.15) is 0 Å². The zero-order valence-electron chi connectivity index (χ0n) is 47.6. The lowest BCUT2D eigenvalue weighted by atomic mass is 9.83. The Balaban J connectivity index is 0.790. The third kappa shape index (κ3) is 6.96. The maximum absolute atomic E-state index is 2.45. The van der Waals surface area contributed by atoms with Gasteiger partial charge in [0.25, 0.3) is 0 Å². The van der Waals surface area contributed by atoms with Gasteiger partial charge in [-0.3, -0.25) is 0 Å². The molecule has 0 fully saturated rings. The predicted molar refractivity (Wildman–Crippen MR) is 370 cm³/mol. The van der Waals surface area contributed by atoms with Gasteiger partial charge in [-0.15, -0.1) is 0 Å². The number of hydrogen-bond donors (Lipinski definition) is 0. The van der Waals surface area contributed by atoms with Crippen LogP contribution >= 0.6 is 0 Å². The van der Waals surface area contributed by atoms with E-state index in [-0.39, 0.29) is 0 Å². The van der Waals surface area contributed by atoms with Crippen molar-refractivity contribution in [2.24, 2.45) is 14.1 Å². The lowest BCUT2D eigenvalue weighted by molar-refractivity contribution is 1.01. The van der Waals surface area contributed by atoms with Gasteiger partial charge in [0.2, 0.25) is 0 Å². The number of hydrogen-bond acceptors (Lipinski definition) is 0. The Labute approximate surface area is 497 Å². The summed E-state index contributed by atoms with van der Waals surface area (Å²) < 4.78 is 4.82. The molecule has 18 rings (SSSR count). The number of aromatic nitrogens is 2. The molecule has 0 N–H and O–H groups in total. The summed E-state index contributed by atoms with van der Waals surface area (Å²) >= 11 is 0. The zero-order chi connectivity index (χ0) is 56.7. The lowest BCUT2D eigenvalue weighted by Gasteiger charge is -2.20. The Hall–Kier alpha value is -11.1. The van der Waals surface area contributed by atoms with Gasteiger partial charge >= 0.3 is 0 Å². The van der Waals surface area contributed by atoms with Crippen LogP contribution in [-0.4, -0.2) is 9.13 Å². The topological polar surface area (TPSA) is 9.86 Å². The van der Waals surface area contributed by atoms with E-state index in [0.29, 0.717) is 0 Å². The summed E-state index contributed by atoms with van der Waals surface area (Å²) in [6.45, 7) is 0. The fourth-order valence-electron chi connectivity index (χ4n) is 15.4. The van der Waals surface area contributed by atoms with Crippen molar-refractivity contribution in [3.05, 3.63) is 291 Å². The molecule has 0 radical (unpaired) electrons. The second kappa shape index (κ2) is 18.7. The highest BCUT2D eigenvalue weighted by Gasteiger charge is 2.24. The van der Waals surface area contributed by atoms with Crippen LogP contribution in [0.25, 0.3) is 186 Å². The number of fused-ring (bicyclic) bond motifs is 15. The minimum absolute atomic E-state index is 1.21. The second-order valence-electron chi connectivity index (χ2n) is 23.4. The first-order valence-corrected chi connectivity index (χ1v) is 29.9. The molecule has 0 bridgehead atoms. The molecule has 2 heteroatoms. The molecular formula is C84H54N2. The molecule has 0 aliphatic carbocycles. The van der Waals surface area contributed by atoms with E-state index in [0.717, 1.165) is 0 Å². The maximum Gasteiger partial charge on any atom is 0.0495 e. The molecule has 16 aromatic carbocycles. The van der Waals surface area contributed by atoms with Crippen LogP contribution in [0.2, 0.25) is 0 Å². The van der Waals surface area contributed by atoms with E-state index in [9.17, 15) is 0 Å². The summed E-state index contributed by atoms with van der Waals surface area (Å²) in [6.07, 6.45) is 0. The average Bonchev–Trinajstić information content (AvgIpc) is 1.55. The molecule has 0 saturated carbocycles. The number of nitrogens with zero attached hydrogens (tertiary/aromatic N) is 2. The van der Waals surface area contributed by atoms with Gasteiger partial charge in [0.15, 0.2) is 0 Å². The Morgan fingerprint density at radius 2 is 0.465 bits per heavy atom. The Bertz CT molecular complexity index is 5440. The number of aryl methyl sites for hydroxylation is 2. The van der Waals surface area contributed by atoms with Gasteiger partial charge < -0.3 is 9.13 Å². The first kappa shape index (κ1) is 48.5. The first-order valence-electron chi connectivity index (χ1n) is 29.9. The van der Waals surface area contributed by atoms with E-state index in [4.69, 9.17) is 0 Å². The molecule has 0 atom stereocenters. The smallest absolute Gasteiger partial charge is 0.0495 e. The van der Waals surface area contributed by atoms with E-state index in [2.05, 4.69) is 314 Å². The molecule has 0 saturated heterocycles. The average molecular weight is 1090 g/mol. The van der Waals surface area contributed by atoms with Gasteiger partial charge in [-0.25, -0.2) is 0 Å². The molecule has 86 heavy (non-hydrogen) atoms. The summed E-state index contributed by atoms with van der Waals surface area (Å²) in [5.74, 6) is 0. The van der Waals surface area contributed by atoms with Crippen molar-refractivity contribution in [2.75, 3.05) is 0 Å². The van der Waals surface area contributed by atoms with Crippen molar-refractivity contribution in [3.63, 3.8) is 0 Å². The maximum atomic E-state index is 2.45. The highest BCUT2D eigenvalue weighted by atomic mass is 14.9. The fraction of sp³-hybridized carbons (Fsp3) is 0.0238. The fourth-order valence-corrected chi connectivity index (χ4v) is 15.4. The third-order valence-electron chi connectivity index (χ3n) is 19.1. The Morgan fingerprint density at radius 1 is 0.186 bits per heavy atom. The van der Waals surface area contributed by atoms with Gasteiger partial charge in [0, 0.05) is 57.7 Å². The second-order valence-corrected chi connectivity index (χ2v) is 23.4. The van der Waals surface area contributed by atoms with Gasteiger partial charge in [-0.05, 0) is 166 Å². The van der Waals surface area contributed by atoms with Crippen molar-refractivity contribution in [1.29, 1.82) is 0 Å². The van der Waals surface area contributed by atoms with Crippen LogP contribution in [-0.2, 0) is 14.1 Å². The SMILES string of the molecule is Cn1c2cc(-c3c4ccccc4c(-c4ccccc4-c4cccc5ccccc45)c4ccccc34)ccc2c2c3ccc4c(c3ccc21)c1ccc(-c2c3ccccc3c(-c3ccccc3-c3cccc5ccccc35)c3ccccc23)cc1n4C. The Kier molecular flexibility index (Phi) is 10.6. The van der Waals surface area contributed by atoms with Gasteiger partial charge in [-0.2, -0.15) is 0 Å². The van der Waals surface area contributed by atoms with E-state index in [1.54, 1.807) is 0 Å². The number of rotatable bonds is 6. The van der Waals surface area contributed by atoms with Crippen molar-refractivity contribution < 1.29 is 0 Å². The van der Waals surface area contributed by atoms with Gasteiger partial charge in [0.05, 0.1) is 0 Å². The standard InChI is InChI=1S/C84H54N2/c1-85-75-47-45-72-71(83(75)73-43-41-53(49-77(73)85)79-63-31-11-15-35-67(63)81(68-36-16-12-32-64(68)79)61-29-9-7-27-59(61)57-39-19-23-51-21-3-5-25-55(51)57)46-48-76-84(72)74-44-42-54(50-78(74)86(76)2)80-65-33-13-17-37-69(65)82(70-38-18-14-34-66(70)80)62-30-10-8-28-60(62)58-40-20-24-52-22-4-6-26-56(52)58/h3-50H,1-2H3. The molecule has 400 valence electrons. The van der Waals surface area contributed by atoms with Crippen LogP contribution in [0.3, 0.4) is 0 Å². The number of benzene rings is 16. The van der Waals surface area contributed by atoms with Crippen LogP contribution in [0.15, 0.2) is 291 Å². The van der Waals surface area contributed by atoms with Crippen molar-refractivity contribution in [2.45, 2.75) is 0 Å². The predicted octanol–water partition coefficient (Wildman–Crippen LogP) is 23.1. The highest BCUT2D eigenvalue weighted by molar-refractivity contribution is 6.31. The van der Waals surface area contributed by atoms with E-state index >= 15 is 0 Å². The lowest BCUT2D eigenvalue weighted by Crippen LogP contribution is -1.93. The monoisotopic (exact) mass is 1090 g/mol.